The molecule has 0 aliphatic carbocycles. The van der Waals surface area contributed by atoms with Crippen molar-refractivity contribution in [2.45, 2.75) is 18.5 Å². The van der Waals surface area contributed by atoms with Gasteiger partial charge in [-0.2, -0.15) is 0 Å². The summed E-state index contributed by atoms with van der Waals surface area (Å²) in [4.78, 5) is 18.9. The summed E-state index contributed by atoms with van der Waals surface area (Å²) in [6.45, 7) is 2.20. The number of hydrogen-bond donors (Lipinski definition) is 2. The monoisotopic (exact) mass is 340 g/mol. The van der Waals surface area contributed by atoms with E-state index in [4.69, 9.17) is 21.4 Å². The number of aliphatic hydroxyl groups excluding tert-OH is 1. The molecule has 118 valence electrons. The minimum absolute atomic E-state index is 0.0625. The number of nitrogens with one attached hydrogen (secondary N) is 1. The summed E-state index contributed by atoms with van der Waals surface area (Å²) in [5.74, 6) is 1.41. The van der Waals surface area contributed by atoms with Gasteiger partial charge in [-0.25, -0.2) is 4.98 Å². The number of ether oxygens (including phenoxy) is 1. The Morgan fingerprint density at radius 1 is 1.36 bits per heavy atom. The lowest BCUT2D eigenvalue weighted by molar-refractivity contribution is 0.298. The van der Waals surface area contributed by atoms with Gasteiger partial charge in [0.15, 0.2) is 5.16 Å². The molecule has 5 nitrogen and oxygen atoms in total. The van der Waals surface area contributed by atoms with Crippen molar-refractivity contribution >= 4 is 23.4 Å². The van der Waals surface area contributed by atoms with Crippen molar-refractivity contribution in [2.24, 2.45) is 0 Å². The summed E-state index contributed by atoms with van der Waals surface area (Å²) < 4.78 is 5.57. The van der Waals surface area contributed by atoms with Crippen LogP contribution in [0.5, 0.6) is 5.75 Å². The SMILES string of the molecule is Cc1nc(SCCOc2ccc(Cl)cc2)[nH]c(=O)c1CCO. The van der Waals surface area contributed by atoms with E-state index in [1.54, 1.807) is 31.2 Å². The van der Waals surface area contributed by atoms with Gasteiger partial charge in [-0.3, -0.25) is 4.79 Å². The molecule has 2 rings (SSSR count). The van der Waals surface area contributed by atoms with Crippen molar-refractivity contribution in [3.05, 3.63) is 50.9 Å². The zero-order valence-electron chi connectivity index (χ0n) is 12.1. The smallest absolute Gasteiger partial charge is 0.255 e. The molecule has 2 N–H and O–H groups in total. The summed E-state index contributed by atoms with van der Waals surface area (Å²) in [5, 5.41) is 10.2. The molecule has 0 amide bonds. The van der Waals surface area contributed by atoms with Gasteiger partial charge < -0.3 is 14.8 Å². The van der Waals surface area contributed by atoms with Crippen molar-refractivity contribution in [3.8, 4) is 5.75 Å². The highest BCUT2D eigenvalue weighted by Gasteiger charge is 2.08. The highest BCUT2D eigenvalue weighted by Crippen LogP contribution is 2.17. The molecule has 1 aromatic carbocycles. The van der Waals surface area contributed by atoms with Gasteiger partial charge in [0.2, 0.25) is 0 Å². The maximum absolute atomic E-state index is 11.9. The first-order valence-electron chi connectivity index (χ1n) is 6.82. The number of halogens is 1. The first-order chi connectivity index (χ1) is 10.6. The highest BCUT2D eigenvalue weighted by atomic mass is 35.5. The Labute approximate surface area is 137 Å². The number of benzene rings is 1. The fourth-order valence-corrected chi connectivity index (χ4v) is 2.74. The van der Waals surface area contributed by atoms with E-state index in [1.165, 1.54) is 11.8 Å². The quantitative estimate of drug-likeness (QED) is 0.460. The lowest BCUT2D eigenvalue weighted by atomic mass is 10.2. The molecule has 0 saturated heterocycles. The minimum Gasteiger partial charge on any atom is -0.493 e. The third-order valence-corrected chi connectivity index (χ3v) is 4.06. The van der Waals surface area contributed by atoms with E-state index in [1.807, 2.05) is 0 Å². The Morgan fingerprint density at radius 2 is 2.09 bits per heavy atom. The van der Waals surface area contributed by atoms with E-state index in [-0.39, 0.29) is 12.2 Å². The van der Waals surface area contributed by atoms with Crippen molar-refractivity contribution < 1.29 is 9.84 Å². The van der Waals surface area contributed by atoms with Gasteiger partial charge in [-0.05, 0) is 31.2 Å². The molecule has 0 aliphatic heterocycles. The van der Waals surface area contributed by atoms with Crippen LogP contribution in [0.15, 0.2) is 34.2 Å². The molecule has 0 fully saturated rings. The Balaban J connectivity index is 1.87. The molecule has 2 aromatic rings. The Bertz CT molecular complexity index is 673. The van der Waals surface area contributed by atoms with Crippen LogP contribution in [0, 0.1) is 6.92 Å². The van der Waals surface area contributed by atoms with Crippen LogP contribution in [0.4, 0.5) is 0 Å². The minimum atomic E-state index is -0.192. The molecule has 1 aromatic heterocycles. The van der Waals surface area contributed by atoms with Crippen molar-refractivity contribution in [2.75, 3.05) is 19.0 Å². The molecule has 0 aliphatic rings. The lowest BCUT2D eigenvalue weighted by Crippen LogP contribution is -2.18. The number of aromatic amines is 1. The van der Waals surface area contributed by atoms with Crippen molar-refractivity contribution in [3.63, 3.8) is 0 Å². The van der Waals surface area contributed by atoms with Crippen LogP contribution in [-0.4, -0.2) is 34.0 Å². The molecule has 22 heavy (non-hydrogen) atoms. The highest BCUT2D eigenvalue weighted by molar-refractivity contribution is 7.99. The lowest BCUT2D eigenvalue weighted by Gasteiger charge is -2.07. The summed E-state index contributed by atoms with van der Waals surface area (Å²) in [7, 11) is 0. The average Bonchev–Trinajstić information content (AvgIpc) is 2.49. The van der Waals surface area contributed by atoms with Gasteiger partial charge in [0.1, 0.15) is 5.75 Å². The number of aromatic nitrogens is 2. The van der Waals surface area contributed by atoms with Crippen LogP contribution >= 0.6 is 23.4 Å². The van der Waals surface area contributed by atoms with Gasteiger partial charge in [0.05, 0.1) is 6.61 Å². The molecule has 0 atom stereocenters. The molecule has 0 radical (unpaired) electrons. The Hall–Kier alpha value is -1.50. The van der Waals surface area contributed by atoms with Crippen LogP contribution < -0.4 is 10.3 Å². The normalized spacial score (nSPS) is 10.7. The van der Waals surface area contributed by atoms with E-state index in [9.17, 15) is 4.79 Å². The van der Waals surface area contributed by atoms with E-state index in [0.29, 0.717) is 40.2 Å². The molecule has 1 heterocycles. The fourth-order valence-electron chi connectivity index (χ4n) is 1.89. The van der Waals surface area contributed by atoms with Crippen molar-refractivity contribution in [1.29, 1.82) is 0 Å². The second-order valence-corrected chi connectivity index (χ2v) is 6.08. The third-order valence-electron chi connectivity index (χ3n) is 2.97. The van der Waals surface area contributed by atoms with Crippen LogP contribution in [-0.2, 0) is 6.42 Å². The van der Waals surface area contributed by atoms with E-state index < -0.39 is 0 Å². The predicted octanol–water partition coefficient (Wildman–Crippen LogP) is 2.44. The first kappa shape index (κ1) is 16.9. The van der Waals surface area contributed by atoms with Gasteiger partial charge >= 0.3 is 0 Å². The van der Waals surface area contributed by atoms with Crippen LogP contribution in [0.25, 0.3) is 0 Å². The predicted molar refractivity (Wildman–Crippen MR) is 88.1 cm³/mol. The van der Waals surface area contributed by atoms with Crippen molar-refractivity contribution in [1.82, 2.24) is 9.97 Å². The molecular formula is C15H17ClN2O3S. The van der Waals surface area contributed by atoms with Gasteiger partial charge in [0, 0.05) is 35.1 Å². The molecule has 0 spiro atoms. The van der Waals surface area contributed by atoms with Gasteiger partial charge in [-0.1, -0.05) is 23.4 Å². The maximum atomic E-state index is 11.9. The van der Waals surface area contributed by atoms with Crippen LogP contribution in [0.3, 0.4) is 0 Å². The maximum Gasteiger partial charge on any atom is 0.255 e. The Kier molecular flexibility index (Phi) is 6.30. The van der Waals surface area contributed by atoms with Gasteiger partial charge in [0.25, 0.3) is 5.56 Å². The third kappa shape index (κ3) is 4.76. The number of aryl methyl sites for hydroxylation is 1. The molecule has 0 saturated carbocycles. The zero-order chi connectivity index (χ0) is 15.9. The summed E-state index contributed by atoms with van der Waals surface area (Å²) >= 11 is 7.22. The number of thioether (sulfide) groups is 1. The van der Waals surface area contributed by atoms with E-state index in [2.05, 4.69) is 9.97 Å². The summed E-state index contributed by atoms with van der Waals surface area (Å²) in [6.07, 6.45) is 0.318. The standard InChI is InChI=1S/C15H17ClN2O3S/c1-10-13(6-7-19)14(20)18-15(17-10)22-9-8-21-12-4-2-11(16)3-5-12/h2-5,19H,6-9H2,1H3,(H,17,18,20). The fraction of sp³-hybridized carbons (Fsp3) is 0.333. The number of H-pyrrole nitrogens is 1. The largest absolute Gasteiger partial charge is 0.493 e. The molecule has 0 unspecified atom stereocenters. The average molecular weight is 341 g/mol. The van der Waals surface area contributed by atoms with E-state index in [0.717, 1.165) is 5.75 Å². The number of aliphatic hydroxyl groups is 1. The molecule has 7 heteroatoms. The van der Waals surface area contributed by atoms with Crippen LogP contribution in [0.2, 0.25) is 5.02 Å². The topological polar surface area (TPSA) is 75.2 Å². The second kappa shape index (κ2) is 8.22. The first-order valence-corrected chi connectivity index (χ1v) is 8.18. The summed E-state index contributed by atoms with van der Waals surface area (Å²) in [5.41, 5.74) is 0.992. The number of hydrogen-bond acceptors (Lipinski definition) is 5. The number of nitrogens with zero attached hydrogens (tertiary/aromatic N) is 1. The van der Waals surface area contributed by atoms with E-state index >= 15 is 0 Å². The molecular weight excluding hydrogens is 324 g/mol. The summed E-state index contributed by atoms with van der Waals surface area (Å²) in [6, 6.07) is 7.15. The Morgan fingerprint density at radius 3 is 2.73 bits per heavy atom. The molecule has 0 bridgehead atoms. The number of rotatable bonds is 7. The van der Waals surface area contributed by atoms with Crippen LogP contribution in [0.1, 0.15) is 11.3 Å². The zero-order valence-corrected chi connectivity index (χ0v) is 13.7. The van der Waals surface area contributed by atoms with Gasteiger partial charge in [-0.15, -0.1) is 0 Å². The second-order valence-electron chi connectivity index (χ2n) is 4.56.